The van der Waals surface area contributed by atoms with E-state index in [1.807, 2.05) is 0 Å². The Kier molecular flexibility index (Phi) is 3.20. The predicted octanol–water partition coefficient (Wildman–Crippen LogP) is 2.40. The van der Waals surface area contributed by atoms with Gasteiger partial charge >= 0.3 is 0 Å². The van der Waals surface area contributed by atoms with Gasteiger partial charge in [-0.1, -0.05) is 11.6 Å². The van der Waals surface area contributed by atoms with Crippen LogP contribution in [-0.4, -0.2) is 7.11 Å². The minimum absolute atomic E-state index is 0.587. The van der Waals surface area contributed by atoms with Crippen molar-refractivity contribution in [2.75, 3.05) is 12.5 Å². The molecule has 0 aliphatic carbocycles. The summed E-state index contributed by atoms with van der Waals surface area (Å²) in [4.78, 5) is 0. The predicted molar refractivity (Wildman–Crippen MR) is 53.5 cm³/mol. The Hall–Kier alpha value is -0.450. The number of hydrazine groups is 1. The summed E-state index contributed by atoms with van der Waals surface area (Å²) in [6, 6.07) is 3.43. The Morgan fingerprint density at radius 2 is 2.25 bits per heavy atom. The van der Waals surface area contributed by atoms with Gasteiger partial charge in [-0.15, -0.1) is 0 Å². The molecule has 1 rings (SSSR count). The van der Waals surface area contributed by atoms with Crippen LogP contribution in [0.15, 0.2) is 16.6 Å². The second kappa shape index (κ2) is 3.98. The summed E-state index contributed by atoms with van der Waals surface area (Å²) in [6.07, 6.45) is 0. The topological polar surface area (TPSA) is 47.3 Å². The van der Waals surface area contributed by atoms with Crippen LogP contribution in [0.2, 0.25) is 5.02 Å². The van der Waals surface area contributed by atoms with Crippen molar-refractivity contribution in [3.05, 3.63) is 21.6 Å². The first kappa shape index (κ1) is 9.64. The van der Waals surface area contributed by atoms with Crippen molar-refractivity contribution in [3.63, 3.8) is 0 Å². The summed E-state index contributed by atoms with van der Waals surface area (Å²) in [5.41, 5.74) is 3.14. The van der Waals surface area contributed by atoms with E-state index >= 15 is 0 Å². The molecule has 1 aromatic carbocycles. The van der Waals surface area contributed by atoms with Gasteiger partial charge in [0.2, 0.25) is 0 Å². The lowest BCUT2D eigenvalue weighted by molar-refractivity contribution is 0.416. The van der Waals surface area contributed by atoms with Gasteiger partial charge in [0, 0.05) is 4.47 Å². The first-order chi connectivity index (χ1) is 5.69. The van der Waals surface area contributed by atoms with E-state index in [1.165, 1.54) is 0 Å². The maximum absolute atomic E-state index is 5.82. The minimum atomic E-state index is 0.587. The van der Waals surface area contributed by atoms with Crippen molar-refractivity contribution >= 4 is 33.2 Å². The highest BCUT2D eigenvalue weighted by Crippen LogP contribution is 2.33. The van der Waals surface area contributed by atoms with Crippen molar-refractivity contribution in [2.45, 2.75) is 0 Å². The molecule has 0 amide bonds. The third kappa shape index (κ3) is 1.83. The Bertz CT molecular complexity index is 264. The van der Waals surface area contributed by atoms with Gasteiger partial charge in [-0.2, -0.15) is 0 Å². The fourth-order valence-corrected chi connectivity index (χ4v) is 1.30. The van der Waals surface area contributed by atoms with Crippen LogP contribution in [0.25, 0.3) is 0 Å². The summed E-state index contributed by atoms with van der Waals surface area (Å²) in [5, 5.41) is 0.587. The SMILES string of the molecule is COc1cc(Br)c(Cl)cc1NN. The number of benzene rings is 1. The Labute approximate surface area is 83.9 Å². The summed E-state index contributed by atoms with van der Waals surface area (Å²) < 4.78 is 5.82. The number of rotatable bonds is 2. The van der Waals surface area contributed by atoms with Gasteiger partial charge in [-0.05, 0) is 28.1 Å². The van der Waals surface area contributed by atoms with E-state index in [1.54, 1.807) is 19.2 Å². The zero-order valence-corrected chi connectivity index (χ0v) is 8.74. The number of hydrogen-bond donors (Lipinski definition) is 2. The van der Waals surface area contributed by atoms with E-state index in [0.717, 1.165) is 4.47 Å². The van der Waals surface area contributed by atoms with E-state index < -0.39 is 0 Å². The van der Waals surface area contributed by atoms with Crippen LogP contribution in [0.5, 0.6) is 5.75 Å². The van der Waals surface area contributed by atoms with Crippen LogP contribution in [-0.2, 0) is 0 Å². The van der Waals surface area contributed by atoms with Crippen molar-refractivity contribution in [3.8, 4) is 5.75 Å². The van der Waals surface area contributed by atoms with Gasteiger partial charge in [-0.25, -0.2) is 0 Å². The standard InChI is InChI=1S/C7H8BrClN2O/c1-12-7-2-4(8)5(9)3-6(7)11-10/h2-3,11H,10H2,1H3. The quantitative estimate of drug-likeness (QED) is 0.627. The number of anilines is 1. The molecule has 0 saturated heterocycles. The van der Waals surface area contributed by atoms with Crippen molar-refractivity contribution < 1.29 is 4.74 Å². The lowest BCUT2D eigenvalue weighted by Crippen LogP contribution is -2.08. The molecule has 0 atom stereocenters. The molecule has 5 heteroatoms. The minimum Gasteiger partial charge on any atom is -0.494 e. The fourth-order valence-electron chi connectivity index (χ4n) is 0.810. The van der Waals surface area contributed by atoms with Crippen LogP contribution < -0.4 is 16.0 Å². The van der Waals surface area contributed by atoms with Gasteiger partial charge < -0.3 is 10.2 Å². The largest absolute Gasteiger partial charge is 0.494 e. The highest BCUT2D eigenvalue weighted by molar-refractivity contribution is 9.10. The zero-order valence-electron chi connectivity index (χ0n) is 6.40. The zero-order chi connectivity index (χ0) is 9.14. The van der Waals surface area contributed by atoms with E-state index in [-0.39, 0.29) is 0 Å². The fraction of sp³-hybridized carbons (Fsp3) is 0.143. The van der Waals surface area contributed by atoms with E-state index in [4.69, 9.17) is 22.2 Å². The first-order valence-electron chi connectivity index (χ1n) is 3.18. The smallest absolute Gasteiger partial charge is 0.144 e. The van der Waals surface area contributed by atoms with Crippen LogP contribution in [0.3, 0.4) is 0 Å². The van der Waals surface area contributed by atoms with Gasteiger partial charge in [-0.3, -0.25) is 5.84 Å². The highest BCUT2D eigenvalue weighted by Gasteiger charge is 2.05. The molecule has 0 bridgehead atoms. The number of halogens is 2. The molecular formula is C7H8BrClN2O. The maximum atomic E-state index is 5.82. The normalized spacial score (nSPS) is 9.67. The monoisotopic (exact) mass is 250 g/mol. The molecular weight excluding hydrogens is 243 g/mol. The molecule has 1 aromatic rings. The third-order valence-corrected chi connectivity index (χ3v) is 2.59. The number of nitrogen functional groups attached to an aromatic ring is 1. The Balaban J connectivity index is 3.19. The van der Waals surface area contributed by atoms with Crippen LogP contribution in [0.4, 0.5) is 5.69 Å². The van der Waals surface area contributed by atoms with Gasteiger partial charge in [0.05, 0.1) is 17.8 Å². The van der Waals surface area contributed by atoms with Crippen LogP contribution in [0, 0.1) is 0 Å². The summed E-state index contributed by atoms with van der Waals surface area (Å²) in [7, 11) is 1.57. The van der Waals surface area contributed by atoms with Crippen LogP contribution >= 0.6 is 27.5 Å². The average Bonchev–Trinajstić information content (AvgIpc) is 2.09. The van der Waals surface area contributed by atoms with E-state index in [0.29, 0.717) is 16.5 Å². The lowest BCUT2D eigenvalue weighted by atomic mass is 10.3. The molecule has 0 aromatic heterocycles. The average molecular weight is 252 g/mol. The van der Waals surface area contributed by atoms with E-state index in [2.05, 4.69) is 21.4 Å². The Morgan fingerprint density at radius 1 is 1.58 bits per heavy atom. The summed E-state index contributed by atoms with van der Waals surface area (Å²) >= 11 is 9.09. The lowest BCUT2D eigenvalue weighted by Gasteiger charge is -2.08. The summed E-state index contributed by atoms with van der Waals surface area (Å²) in [5.74, 6) is 5.89. The molecule has 3 nitrogen and oxygen atoms in total. The molecule has 0 aliphatic heterocycles. The first-order valence-corrected chi connectivity index (χ1v) is 4.35. The number of methoxy groups -OCH3 is 1. The van der Waals surface area contributed by atoms with Crippen molar-refractivity contribution in [1.82, 2.24) is 0 Å². The maximum Gasteiger partial charge on any atom is 0.144 e. The number of hydrogen-bond acceptors (Lipinski definition) is 3. The van der Waals surface area contributed by atoms with Gasteiger partial charge in [0.25, 0.3) is 0 Å². The van der Waals surface area contributed by atoms with Crippen molar-refractivity contribution in [1.29, 1.82) is 0 Å². The number of nitrogens with one attached hydrogen (secondary N) is 1. The number of ether oxygens (including phenoxy) is 1. The number of nitrogens with two attached hydrogens (primary N) is 1. The molecule has 0 fully saturated rings. The van der Waals surface area contributed by atoms with Crippen molar-refractivity contribution in [2.24, 2.45) is 5.84 Å². The second-order valence-corrected chi connectivity index (χ2v) is 3.37. The molecule has 0 saturated carbocycles. The molecule has 0 heterocycles. The summed E-state index contributed by atoms with van der Waals surface area (Å²) in [6.45, 7) is 0. The van der Waals surface area contributed by atoms with Gasteiger partial charge in [0.15, 0.2) is 0 Å². The molecule has 0 aliphatic rings. The molecule has 0 radical (unpaired) electrons. The molecule has 3 N–H and O–H groups in total. The second-order valence-electron chi connectivity index (χ2n) is 2.11. The Morgan fingerprint density at radius 3 is 2.75 bits per heavy atom. The van der Waals surface area contributed by atoms with Gasteiger partial charge in [0.1, 0.15) is 5.75 Å². The molecule has 12 heavy (non-hydrogen) atoms. The molecule has 66 valence electrons. The van der Waals surface area contributed by atoms with E-state index in [9.17, 15) is 0 Å². The third-order valence-electron chi connectivity index (χ3n) is 1.40. The molecule has 0 unspecified atom stereocenters. The molecule has 0 spiro atoms. The highest BCUT2D eigenvalue weighted by atomic mass is 79.9. The van der Waals surface area contributed by atoms with Crippen LogP contribution in [0.1, 0.15) is 0 Å².